The average molecular weight is 175 g/mol. The van der Waals surface area contributed by atoms with Crippen molar-refractivity contribution in [2.75, 3.05) is 20.1 Å². The molecule has 1 aromatic rings. The van der Waals surface area contributed by atoms with Crippen molar-refractivity contribution < 1.29 is 0 Å². The van der Waals surface area contributed by atoms with Crippen molar-refractivity contribution in [2.45, 2.75) is 0 Å². The first-order chi connectivity index (χ1) is 6.36. The van der Waals surface area contributed by atoms with E-state index in [1.165, 1.54) is 0 Å². The maximum absolute atomic E-state index is 4.41. The first-order valence-corrected chi connectivity index (χ1v) is 4.44. The lowest BCUT2D eigenvalue weighted by atomic mass is 10.2. The fraction of sp³-hybridized carbons (Fsp3) is 0.300. The van der Waals surface area contributed by atoms with Crippen LogP contribution in [0.15, 0.2) is 35.3 Å². The molecule has 0 aliphatic carbocycles. The lowest BCUT2D eigenvalue weighted by Crippen LogP contribution is -2.44. The molecule has 1 aliphatic rings. The highest BCUT2D eigenvalue weighted by molar-refractivity contribution is 5.98. The highest BCUT2D eigenvalue weighted by Gasteiger charge is 2.09. The van der Waals surface area contributed by atoms with Gasteiger partial charge in [-0.2, -0.15) is 0 Å². The van der Waals surface area contributed by atoms with Gasteiger partial charge in [-0.25, -0.2) is 5.01 Å². The number of rotatable bonds is 1. The van der Waals surface area contributed by atoms with Crippen LogP contribution in [0.2, 0.25) is 0 Å². The van der Waals surface area contributed by atoms with Crippen molar-refractivity contribution in [1.82, 2.24) is 10.4 Å². The molecule has 0 unspecified atom stereocenters. The van der Waals surface area contributed by atoms with Crippen LogP contribution in [0, 0.1) is 0 Å². The summed E-state index contributed by atoms with van der Waals surface area (Å²) in [4.78, 5) is 4.41. The van der Waals surface area contributed by atoms with E-state index < -0.39 is 0 Å². The maximum atomic E-state index is 4.41. The van der Waals surface area contributed by atoms with Gasteiger partial charge in [0.15, 0.2) is 0 Å². The van der Waals surface area contributed by atoms with Crippen LogP contribution in [0.5, 0.6) is 0 Å². The Bertz CT molecular complexity index is 305. The Balaban J connectivity index is 2.22. The van der Waals surface area contributed by atoms with Gasteiger partial charge in [0.05, 0.1) is 6.54 Å². The summed E-state index contributed by atoms with van der Waals surface area (Å²) in [5.41, 5.74) is 4.36. The lowest BCUT2D eigenvalue weighted by Gasteiger charge is -2.24. The Morgan fingerprint density at radius 2 is 2.08 bits per heavy atom. The molecule has 3 heteroatoms. The normalized spacial score (nSPS) is 17.8. The number of nitrogens with one attached hydrogen (secondary N) is 1. The highest BCUT2D eigenvalue weighted by Crippen LogP contribution is 2.02. The SMILES string of the molecule is CN1CCN=C(c2ccccc2)N1. The van der Waals surface area contributed by atoms with Crippen LogP contribution in [0.25, 0.3) is 0 Å². The van der Waals surface area contributed by atoms with Crippen LogP contribution in [-0.2, 0) is 0 Å². The van der Waals surface area contributed by atoms with E-state index >= 15 is 0 Å². The van der Waals surface area contributed by atoms with Gasteiger partial charge in [-0.3, -0.25) is 4.99 Å². The molecule has 0 radical (unpaired) electrons. The molecule has 0 saturated carbocycles. The monoisotopic (exact) mass is 175 g/mol. The molecule has 1 heterocycles. The minimum Gasteiger partial charge on any atom is -0.303 e. The molecule has 1 aliphatic heterocycles. The number of aliphatic imine (C=N–C) groups is 1. The van der Waals surface area contributed by atoms with E-state index in [4.69, 9.17) is 0 Å². The molecular formula is C10H13N3. The summed E-state index contributed by atoms with van der Waals surface area (Å²) < 4.78 is 0. The van der Waals surface area contributed by atoms with Gasteiger partial charge in [-0.15, -0.1) is 0 Å². The fourth-order valence-electron chi connectivity index (χ4n) is 1.34. The Labute approximate surface area is 78.1 Å². The molecule has 1 aromatic carbocycles. The molecule has 0 spiro atoms. The molecule has 68 valence electrons. The van der Waals surface area contributed by atoms with E-state index in [1.807, 2.05) is 25.2 Å². The van der Waals surface area contributed by atoms with Gasteiger partial charge in [0.1, 0.15) is 5.84 Å². The molecule has 0 fully saturated rings. The average Bonchev–Trinajstić information content (AvgIpc) is 2.19. The van der Waals surface area contributed by atoms with Crippen molar-refractivity contribution in [1.29, 1.82) is 0 Å². The summed E-state index contributed by atoms with van der Waals surface area (Å²) in [5.74, 6) is 0.967. The Hall–Kier alpha value is -1.35. The summed E-state index contributed by atoms with van der Waals surface area (Å²) in [6, 6.07) is 10.2. The van der Waals surface area contributed by atoms with E-state index in [9.17, 15) is 0 Å². The van der Waals surface area contributed by atoms with Gasteiger partial charge in [0.25, 0.3) is 0 Å². The molecule has 0 saturated heterocycles. The number of amidine groups is 1. The second-order valence-corrected chi connectivity index (χ2v) is 3.13. The number of hydrogen-bond acceptors (Lipinski definition) is 3. The Morgan fingerprint density at radius 1 is 1.31 bits per heavy atom. The predicted molar refractivity (Wildman–Crippen MR) is 53.6 cm³/mol. The van der Waals surface area contributed by atoms with Crippen molar-refractivity contribution in [3.8, 4) is 0 Å². The topological polar surface area (TPSA) is 27.6 Å². The molecule has 0 amide bonds. The van der Waals surface area contributed by atoms with Gasteiger partial charge in [0, 0.05) is 19.2 Å². The largest absolute Gasteiger partial charge is 0.303 e. The van der Waals surface area contributed by atoms with Gasteiger partial charge < -0.3 is 5.43 Å². The van der Waals surface area contributed by atoms with Gasteiger partial charge in [-0.1, -0.05) is 30.3 Å². The minimum absolute atomic E-state index is 0.869. The fourth-order valence-corrected chi connectivity index (χ4v) is 1.34. The van der Waals surface area contributed by atoms with Crippen LogP contribution in [0.4, 0.5) is 0 Å². The molecule has 1 N–H and O–H groups in total. The maximum Gasteiger partial charge on any atom is 0.142 e. The Kier molecular flexibility index (Phi) is 2.27. The van der Waals surface area contributed by atoms with Gasteiger partial charge >= 0.3 is 0 Å². The van der Waals surface area contributed by atoms with E-state index in [2.05, 4.69) is 27.6 Å². The summed E-state index contributed by atoms with van der Waals surface area (Å²) >= 11 is 0. The molecule has 0 aromatic heterocycles. The molecule has 0 bridgehead atoms. The second kappa shape index (κ2) is 3.58. The van der Waals surface area contributed by atoms with Crippen LogP contribution in [-0.4, -0.2) is 31.0 Å². The van der Waals surface area contributed by atoms with E-state index in [-0.39, 0.29) is 0 Å². The zero-order valence-corrected chi connectivity index (χ0v) is 7.70. The van der Waals surface area contributed by atoms with E-state index in [1.54, 1.807) is 0 Å². The van der Waals surface area contributed by atoms with Crippen LogP contribution in [0.1, 0.15) is 5.56 Å². The summed E-state index contributed by atoms with van der Waals surface area (Å²) in [6.07, 6.45) is 0. The number of nitrogens with zero attached hydrogens (tertiary/aromatic N) is 2. The lowest BCUT2D eigenvalue weighted by molar-refractivity contribution is 0.288. The summed E-state index contributed by atoms with van der Waals surface area (Å²) in [5, 5.41) is 2.05. The molecular weight excluding hydrogens is 162 g/mol. The van der Waals surface area contributed by atoms with Gasteiger partial charge in [-0.05, 0) is 0 Å². The number of hydrazine groups is 1. The molecule has 0 atom stereocenters. The number of likely N-dealkylation sites (N-methyl/N-ethyl adjacent to an activating group) is 1. The summed E-state index contributed by atoms with van der Waals surface area (Å²) in [6.45, 7) is 1.84. The van der Waals surface area contributed by atoms with Crippen molar-refractivity contribution in [3.63, 3.8) is 0 Å². The zero-order valence-electron chi connectivity index (χ0n) is 7.70. The van der Waals surface area contributed by atoms with Crippen LogP contribution >= 0.6 is 0 Å². The predicted octanol–water partition coefficient (Wildman–Crippen LogP) is 0.883. The smallest absolute Gasteiger partial charge is 0.142 e. The van der Waals surface area contributed by atoms with Gasteiger partial charge in [0.2, 0.25) is 0 Å². The van der Waals surface area contributed by atoms with Crippen molar-refractivity contribution in [3.05, 3.63) is 35.9 Å². The second-order valence-electron chi connectivity index (χ2n) is 3.13. The summed E-state index contributed by atoms with van der Waals surface area (Å²) in [7, 11) is 2.03. The molecule has 2 rings (SSSR count). The number of benzene rings is 1. The third-order valence-electron chi connectivity index (χ3n) is 2.05. The molecule has 13 heavy (non-hydrogen) atoms. The van der Waals surface area contributed by atoms with E-state index in [0.717, 1.165) is 24.5 Å². The van der Waals surface area contributed by atoms with Crippen LogP contribution < -0.4 is 5.43 Å². The third-order valence-corrected chi connectivity index (χ3v) is 2.05. The Morgan fingerprint density at radius 3 is 2.77 bits per heavy atom. The van der Waals surface area contributed by atoms with Crippen molar-refractivity contribution >= 4 is 5.84 Å². The van der Waals surface area contributed by atoms with E-state index in [0.29, 0.717) is 0 Å². The first kappa shape index (κ1) is 8.26. The van der Waals surface area contributed by atoms with Crippen LogP contribution in [0.3, 0.4) is 0 Å². The van der Waals surface area contributed by atoms with Crippen molar-refractivity contribution in [2.24, 2.45) is 4.99 Å². The minimum atomic E-state index is 0.869. The first-order valence-electron chi connectivity index (χ1n) is 4.44. The molecule has 3 nitrogen and oxygen atoms in total. The number of hydrogen-bond donors (Lipinski definition) is 1. The standard InChI is InChI=1S/C10H13N3/c1-13-8-7-11-10(12-13)9-5-3-2-4-6-9/h2-6H,7-8H2,1H3,(H,11,12). The quantitative estimate of drug-likeness (QED) is 0.686. The highest BCUT2D eigenvalue weighted by atomic mass is 15.5. The zero-order chi connectivity index (χ0) is 9.10. The third kappa shape index (κ3) is 1.87.